The number of hydrogen-bond acceptors (Lipinski definition) is 4. The lowest BCUT2D eigenvalue weighted by Gasteiger charge is -2.32. The van der Waals surface area contributed by atoms with Crippen molar-refractivity contribution in [2.45, 2.75) is 46.7 Å². The summed E-state index contributed by atoms with van der Waals surface area (Å²) in [6, 6.07) is 11.2. The minimum atomic E-state index is -0.180. The second-order valence-corrected chi connectivity index (χ2v) is 9.90. The van der Waals surface area contributed by atoms with Gasteiger partial charge in [0.2, 0.25) is 0 Å². The van der Waals surface area contributed by atoms with Gasteiger partial charge in [-0.2, -0.15) is 0 Å². The van der Waals surface area contributed by atoms with Crippen LogP contribution in [-0.2, 0) is 13.1 Å². The Balaban J connectivity index is 1.44. The fraction of sp³-hybridized carbons (Fsp3) is 0.500. The molecule has 33 heavy (non-hydrogen) atoms. The van der Waals surface area contributed by atoms with Crippen molar-refractivity contribution in [1.29, 1.82) is 0 Å². The second kappa shape index (κ2) is 10.6. The van der Waals surface area contributed by atoms with Crippen LogP contribution < -0.4 is 9.47 Å². The van der Waals surface area contributed by atoms with Gasteiger partial charge in [0.25, 0.3) is 0 Å². The molecule has 0 N–H and O–H groups in total. The molecule has 2 heterocycles. The van der Waals surface area contributed by atoms with Crippen LogP contribution >= 0.6 is 0 Å². The van der Waals surface area contributed by atoms with Gasteiger partial charge in [-0.3, -0.25) is 4.90 Å². The lowest BCUT2D eigenvalue weighted by molar-refractivity contribution is 0.256. The molecule has 2 aliphatic rings. The molecule has 0 radical (unpaired) electrons. The number of hydrogen-bond donors (Lipinski definition) is 0. The number of likely N-dealkylation sites (tertiary alicyclic amines) is 1. The van der Waals surface area contributed by atoms with Gasteiger partial charge in [0.15, 0.2) is 11.5 Å². The average molecular weight is 453 g/mol. The minimum absolute atomic E-state index is 0.180. The van der Waals surface area contributed by atoms with E-state index in [0.29, 0.717) is 25.0 Å². The highest BCUT2D eigenvalue weighted by Crippen LogP contribution is 2.36. The second-order valence-electron chi connectivity index (χ2n) is 9.90. The third-order valence-electron chi connectivity index (χ3n) is 6.52. The molecule has 0 aliphatic carbocycles. The summed E-state index contributed by atoms with van der Waals surface area (Å²) in [4.78, 5) is 4.91. The number of nitrogens with zero attached hydrogens (tertiary/aromatic N) is 2. The topological polar surface area (TPSA) is 24.9 Å². The van der Waals surface area contributed by atoms with Crippen molar-refractivity contribution in [3.05, 3.63) is 71.2 Å². The third kappa shape index (κ3) is 6.08. The number of rotatable bonds is 8. The summed E-state index contributed by atoms with van der Waals surface area (Å²) in [7, 11) is 0. The highest BCUT2D eigenvalue weighted by Gasteiger charge is 2.28. The summed E-state index contributed by atoms with van der Waals surface area (Å²) < 4.78 is 25.1. The van der Waals surface area contributed by atoms with Gasteiger partial charge in [0.05, 0.1) is 13.2 Å². The van der Waals surface area contributed by atoms with Crippen molar-refractivity contribution in [3.63, 3.8) is 0 Å². The third-order valence-corrected chi connectivity index (χ3v) is 6.52. The van der Waals surface area contributed by atoms with E-state index in [9.17, 15) is 4.39 Å². The van der Waals surface area contributed by atoms with E-state index >= 15 is 0 Å². The molecule has 1 saturated heterocycles. The molecular formula is C28H37FN2O2. The molecule has 1 atom stereocenters. The van der Waals surface area contributed by atoms with Crippen LogP contribution in [0.3, 0.4) is 0 Å². The van der Waals surface area contributed by atoms with Crippen LogP contribution in [0.15, 0.2) is 48.7 Å². The summed E-state index contributed by atoms with van der Waals surface area (Å²) >= 11 is 0. The molecule has 2 aromatic rings. The van der Waals surface area contributed by atoms with Crippen LogP contribution in [0.1, 0.15) is 43.4 Å². The molecule has 4 rings (SSSR count). The molecule has 0 aromatic heterocycles. The van der Waals surface area contributed by atoms with Crippen molar-refractivity contribution in [3.8, 4) is 11.5 Å². The van der Waals surface area contributed by atoms with Crippen LogP contribution in [0.4, 0.5) is 4.39 Å². The molecule has 0 saturated carbocycles. The summed E-state index contributed by atoms with van der Waals surface area (Å²) in [5, 5.41) is 0. The number of ether oxygens (including phenoxy) is 2. The molecule has 0 amide bonds. The van der Waals surface area contributed by atoms with Crippen molar-refractivity contribution in [1.82, 2.24) is 9.80 Å². The van der Waals surface area contributed by atoms with Gasteiger partial charge in [-0.1, -0.05) is 38.6 Å². The number of halogens is 1. The molecule has 178 valence electrons. The highest BCUT2D eigenvalue weighted by atomic mass is 19.1. The van der Waals surface area contributed by atoms with Gasteiger partial charge in [-0.05, 0) is 60.7 Å². The molecule has 1 fully saturated rings. The average Bonchev–Trinajstić information content (AvgIpc) is 3.10. The fourth-order valence-electron chi connectivity index (χ4n) is 4.91. The monoisotopic (exact) mass is 452 g/mol. The maximum atomic E-state index is 13.2. The molecular weight excluding hydrogens is 415 g/mol. The van der Waals surface area contributed by atoms with Crippen LogP contribution in [0.25, 0.3) is 0 Å². The van der Waals surface area contributed by atoms with E-state index in [-0.39, 0.29) is 5.82 Å². The van der Waals surface area contributed by atoms with Crippen molar-refractivity contribution >= 4 is 0 Å². The van der Waals surface area contributed by atoms with E-state index in [2.05, 4.69) is 49.3 Å². The fourth-order valence-corrected chi connectivity index (χ4v) is 4.91. The molecule has 2 aromatic carbocycles. The van der Waals surface area contributed by atoms with E-state index < -0.39 is 0 Å². The number of aryl methyl sites for hydroxylation is 1. The Bertz CT molecular complexity index is 957. The maximum absolute atomic E-state index is 13.2. The number of fused-ring (bicyclic) bond motifs is 1. The lowest BCUT2D eigenvalue weighted by atomic mass is 10.0. The van der Waals surface area contributed by atoms with E-state index in [1.165, 1.54) is 11.3 Å². The van der Waals surface area contributed by atoms with Gasteiger partial charge in [-0.25, -0.2) is 4.39 Å². The largest absolute Gasteiger partial charge is 0.490 e. The Hall–Kier alpha value is -2.53. The smallest absolute Gasteiger partial charge is 0.164 e. The predicted molar refractivity (Wildman–Crippen MR) is 131 cm³/mol. The lowest BCUT2D eigenvalue weighted by Crippen LogP contribution is -2.31. The zero-order valence-electron chi connectivity index (χ0n) is 20.3. The standard InChI is InChI=1S/C28H37FN2O2/c1-20(2)16-31(18-24-14-21(3)28-27(15-24)32-12-5-13-33-28)22(4)25-10-11-30(19-25)17-23-6-8-26(29)9-7-23/h6-9,14-15,20,25H,4-5,10-13,16-19H2,1-3H3/t25-/m1/s1. The first-order chi connectivity index (χ1) is 15.9. The first kappa shape index (κ1) is 23.6. The Morgan fingerprint density at radius 2 is 1.91 bits per heavy atom. The highest BCUT2D eigenvalue weighted by molar-refractivity contribution is 5.49. The molecule has 0 unspecified atom stereocenters. The Labute approximate surface area is 198 Å². The number of benzene rings is 2. The van der Waals surface area contributed by atoms with Gasteiger partial charge < -0.3 is 14.4 Å². The van der Waals surface area contributed by atoms with Crippen LogP contribution in [-0.4, -0.2) is 42.6 Å². The van der Waals surface area contributed by atoms with Gasteiger partial charge in [-0.15, -0.1) is 0 Å². The molecule has 4 nitrogen and oxygen atoms in total. The van der Waals surface area contributed by atoms with Gasteiger partial charge in [0, 0.05) is 44.2 Å². The molecule has 0 spiro atoms. The Morgan fingerprint density at radius 3 is 2.67 bits per heavy atom. The minimum Gasteiger partial charge on any atom is -0.490 e. The van der Waals surface area contributed by atoms with Gasteiger partial charge in [0.1, 0.15) is 5.82 Å². The van der Waals surface area contributed by atoms with Crippen molar-refractivity contribution < 1.29 is 13.9 Å². The van der Waals surface area contributed by atoms with Crippen LogP contribution in [0.5, 0.6) is 11.5 Å². The molecule has 2 aliphatic heterocycles. The predicted octanol–water partition coefficient (Wildman–Crippen LogP) is 5.79. The summed E-state index contributed by atoms with van der Waals surface area (Å²) in [5.41, 5.74) is 4.74. The quantitative estimate of drug-likeness (QED) is 0.506. The van der Waals surface area contributed by atoms with Crippen LogP contribution in [0.2, 0.25) is 0 Å². The molecule has 0 bridgehead atoms. The Morgan fingerprint density at radius 1 is 1.15 bits per heavy atom. The summed E-state index contributed by atoms with van der Waals surface area (Å²) in [5.74, 6) is 2.55. The zero-order valence-corrected chi connectivity index (χ0v) is 20.3. The van der Waals surface area contributed by atoms with Crippen molar-refractivity contribution in [2.75, 3.05) is 32.8 Å². The molecule has 5 heteroatoms. The summed E-state index contributed by atoms with van der Waals surface area (Å²) in [6.07, 6.45) is 2.02. The summed E-state index contributed by atoms with van der Waals surface area (Å²) in [6.45, 7) is 17.3. The van der Waals surface area contributed by atoms with E-state index in [1.807, 2.05) is 12.1 Å². The van der Waals surface area contributed by atoms with Gasteiger partial charge >= 0.3 is 0 Å². The van der Waals surface area contributed by atoms with E-state index in [1.54, 1.807) is 12.1 Å². The van der Waals surface area contributed by atoms with E-state index in [0.717, 1.165) is 68.2 Å². The zero-order chi connectivity index (χ0) is 23.4. The van der Waals surface area contributed by atoms with E-state index in [4.69, 9.17) is 9.47 Å². The SMILES string of the molecule is C=C([C@@H]1CCN(Cc2ccc(F)cc2)C1)N(Cc1cc(C)c2c(c1)OCCCO2)CC(C)C. The first-order valence-electron chi connectivity index (χ1n) is 12.2. The maximum Gasteiger partial charge on any atom is 0.164 e. The first-order valence-corrected chi connectivity index (χ1v) is 12.2. The van der Waals surface area contributed by atoms with Crippen molar-refractivity contribution in [2.24, 2.45) is 11.8 Å². The normalized spacial score (nSPS) is 18.4. The van der Waals surface area contributed by atoms with Crippen LogP contribution in [0, 0.1) is 24.6 Å². The Kier molecular flexibility index (Phi) is 7.59.